The summed E-state index contributed by atoms with van der Waals surface area (Å²) < 4.78 is 14.9. The summed E-state index contributed by atoms with van der Waals surface area (Å²) in [5.74, 6) is -3.74. The first-order valence-electron chi connectivity index (χ1n) is 9.74. The Balaban J connectivity index is 2.16. The number of amides is 3. The van der Waals surface area contributed by atoms with Crippen LogP contribution in [0.25, 0.3) is 5.52 Å². The Bertz CT molecular complexity index is 929. The molecule has 0 bridgehead atoms. The van der Waals surface area contributed by atoms with E-state index in [9.17, 15) is 23.6 Å². The van der Waals surface area contributed by atoms with E-state index in [1.54, 1.807) is 28.9 Å². The van der Waals surface area contributed by atoms with Crippen LogP contribution in [0.4, 0.5) is 4.39 Å². The van der Waals surface area contributed by atoms with Crippen molar-refractivity contribution >= 4 is 40.6 Å². The normalized spacial score (nSPS) is 13.1. The number of Topliss-reactive ketones (excluding diaryl/α,β-unsaturated/α-hetero) is 1. The number of ketones is 1. The molecule has 31 heavy (non-hydrogen) atoms. The van der Waals surface area contributed by atoms with E-state index in [1.165, 1.54) is 0 Å². The van der Waals surface area contributed by atoms with Crippen LogP contribution in [0.15, 0.2) is 30.5 Å². The van der Waals surface area contributed by atoms with Crippen LogP contribution in [-0.4, -0.2) is 50.3 Å². The molecule has 11 heteroatoms. The molecule has 0 aliphatic rings. The first kappa shape index (κ1) is 24.3. The number of halogens is 2. The fraction of sp³-hybridized carbons (Fsp3) is 0.450. The minimum atomic E-state index is -2.41. The van der Waals surface area contributed by atoms with Gasteiger partial charge < -0.3 is 5.73 Å². The molecular formula is C20H25ClFN5O4. The van der Waals surface area contributed by atoms with Crippen LogP contribution >= 0.6 is 11.6 Å². The monoisotopic (exact) mass is 453 g/mol. The van der Waals surface area contributed by atoms with Crippen molar-refractivity contribution in [3.8, 4) is 0 Å². The highest BCUT2D eigenvalue weighted by molar-refractivity contribution is 6.29. The van der Waals surface area contributed by atoms with Crippen molar-refractivity contribution in [3.05, 3.63) is 36.2 Å². The molecule has 2 atom stereocenters. The molecule has 0 aliphatic heterocycles. The Morgan fingerprint density at radius 3 is 2.58 bits per heavy atom. The van der Waals surface area contributed by atoms with E-state index in [0.29, 0.717) is 11.4 Å². The zero-order chi connectivity index (χ0) is 23.1. The van der Waals surface area contributed by atoms with E-state index in [-0.39, 0.29) is 36.8 Å². The largest absolute Gasteiger partial charge is 0.370 e. The van der Waals surface area contributed by atoms with Gasteiger partial charge in [0.25, 0.3) is 11.5 Å². The number of fused-ring (bicyclic) bond motifs is 1. The minimum Gasteiger partial charge on any atom is -0.370 e. The summed E-state index contributed by atoms with van der Waals surface area (Å²) in [4.78, 5) is 48.6. The predicted octanol–water partition coefficient (Wildman–Crippen LogP) is 1.84. The van der Waals surface area contributed by atoms with Gasteiger partial charge in [-0.2, -0.15) is 5.10 Å². The maximum Gasteiger partial charge on any atom is 0.291 e. The lowest BCUT2D eigenvalue weighted by atomic mass is 9.91. The number of primary amides is 1. The zero-order valence-corrected chi connectivity index (χ0v) is 18.0. The van der Waals surface area contributed by atoms with Gasteiger partial charge in [0.15, 0.2) is 5.78 Å². The molecule has 3 amide bonds. The average molecular weight is 454 g/mol. The quantitative estimate of drug-likeness (QED) is 0.322. The van der Waals surface area contributed by atoms with Gasteiger partial charge in [-0.25, -0.2) is 13.9 Å². The Morgan fingerprint density at radius 1 is 1.29 bits per heavy atom. The fourth-order valence-corrected chi connectivity index (χ4v) is 3.16. The van der Waals surface area contributed by atoms with Gasteiger partial charge in [-0.3, -0.25) is 24.6 Å². The number of hydrogen-bond donors (Lipinski definition) is 2. The highest BCUT2D eigenvalue weighted by atomic mass is 35.5. The number of carbonyl (C=O) groups excluding carboxylic acids is 4. The van der Waals surface area contributed by atoms with Crippen molar-refractivity contribution in [1.82, 2.24) is 20.0 Å². The van der Waals surface area contributed by atoms with Crippen molar-refractivity contribution in [3.63, 3.8) is 0 Å². The van der Waals surface area contributed by atoms with Crippen LogP contribution in [0.1, 0.15) is 43.6 Å². The predicted molar refractivity (Wildman–Crippen MR) is 112 cm³/mol. The van der Waals surface area contributed by atoms with Gasteiger partial charge in [-0.15, -0.1) is 0 Å². The van der Waals surface area contributed by atoms with Crippen LogP contribution in [0.5, 0.6) is 0 Å². The number of nitrogens with zero attached hydrogens (tertiary/aromatic N) is 3. The molecule has 0 radical (unpaired) electrons. The van der Waals surface area contributed by atoms with Gasteiger partial charge in [0.1, 0.15) is 5.69 Å². The molecule has 2 aromatic heterocycles. The second-order valence-electron chi connectivity index (χ2n) is 7.54. The van der Waals surface area contributed by atoms with E-state index in [1.807, 2.05) is 19.9 Å². The van der Waals surface area contributed by atoms with Gasteiger partial charge in [0.05, 0.1) is 12.1 Å². The zero-order valence-electron chi connectivity index (χ0n) is 17.3. The molecule has 0 unspecified atom stereocenters. The highest BCUT2D eigenvalue weighted by Crippen LogP contribution is 2.20. The molecule has 9 nitrogen and oxygen atoms in total. The molecule has 0 saturated carbocycles. The molecule has 2 aromatic rings. The van der Waals surface area contributed by atoms with E-state index in [4.69, 9.17) is 17.3 Å². The van der Waals surface area contributed by atoms with Crippen LogP contribution < -0.4 is 11.2 Å². The van der Waals surface area contributed by atoms with Crippen LogP contribution in [-0.2, 0) is 14.4 Å². The van der Waals surface area contributed by atoms with Crippen molar-refractivity contribution in [1.29, 1.82) is 0 Å². The van der Waals surface area contributed by atoms with E-state index < -0.39 is 29.3 Å². The number of rotatable bonds is 10. The number of hydrazine groups is 1. The number of aromatic nitrogens is 2. The Labute approximate surface area is 183 Å². The van der Waals surface area contributed by atoms with Crippen molar-refractivity contribution < 1.29 is 23.6 Å². The van der Waals surface area contributed by atoms with Crippen LogP contribution in [0.2, 0.25) is 0 Å². The van der Waals surface area contributed by atoms with Crippen molar-refractivity contribution in [2.24, 2.45) is 17.6 Å². The molecule has 3 N–H and O–H groups in total. The maximum absolute atomic E-state index is 13.3. The van der Waals surface area contributed by atoms with Gasteiger partial charge in [-0.05, 0) is 30.5 Å². The van der Waals surface area contributed by atoms with Crippen LogP contribution in [0.3, 0.4) is 0 Å². The van der Waals surface area contributed by atoms with E-state index in [2.05, 4.69) is 10.5 Å². The lowest BCUT2D eigenvalue weighted by Gasteiger charge is -2.26. The number of pyridine rings is 1. The van der Waals surface area contributed by atoms with E-state index in [0.717, 1.165) is 5.52 Å². The fourth-order valence-electron chi connectivity index (χ4n) is 3.04. The number of carbonyl (C=O) groups is 4. The smallest absolute Gasteiger partial charge is 0.291 e. The first-order chi connectivity index (χ1) is 14.6. The maximum atomic E-state index is 13.3. The molecule has 0 aliphatic carbocycles. The second kappa shape index (κ2) is 10.9. The molecule has 2 rings (SSSR count). The Morgan fingerprint density at radius 2 is 2.00 bits per heavy atom. The van der Waals surface area contributed by atoms with Gasteiger partial charge in [0, 0.05) is 25.0 Å². The van der Waals surface area contributed by atoms with Gasteiger partial charge in [0.2, 0.25) is 11.8 Å². The number of nitrogens with one attached hydrogen (secondary N) is 1. The van der Waals surface area contributed by atoms with E-state index >= 15 is 0 Å². The topological polar surface area (TPSA) is 127 Å². The first-order valence-corrected chi connectivity index (χ1v) is 10.2. The molecule has 0 saturated heterocycles. The standard InChI is InChI=1S/C20H25ClFN5O4/c1-12(2)9-13(10-16(28)15-11-14-5-3-4-7-26(14)24-15)19(30)25-27(8-6-17(23)29)20(31)18(21)22/h3-5,7,11-13,18H,6,8-10H2,1-2H3,(H2,23,29)(H,25,30)/t13-,18+/m1/s1. The Kier molecular flexibility index (Phi) is 8.49. The number of hydrogen-bond acceptors (Lipinski definition) is 5. The van der Waals surface area contributed by atoms with Crippen molar-refractivity contribution in [2.45, 2.75) is 38.7 Å². The third-order valence-corrected chi connectivity index (χ3v) is 4.68. The summed E-state index contributed by atoms with van der Waals surface area (Å²) in [5.41, 5.74) is 5.88. The lowest BCUT2D eigenvalue weighted by Crippen LogP contribution is -2.51. The third kappa shape index (κ3) is 7.02. The minimum absolute atomic E-state index is 0.0568. The molecule has 0 spiro atoms. The highest BCUT2D eigenvalue weighted by Gasteiger charge is 2.29. The van der Waals surface area contributed by atoms with Gasteiger partial charge >= 0.3 is 0 Å². The summed E-state index contributed by atoms with van der Waals surface area (Å²) in [5, 5.41) is 4.84. The number of nitrogens with two attached hydrogens (primary N) is 1. The molecular weight excluding hydrogens is 429 g/mol. The molecule has 0 aromatic carbocycles. The number of alkyl halides is 2. The molecule has 0 fully saturated rings. The average Bonchev–Trinajstić information content (AvgIpc) is 3.13. The summed E-state index contributed by atoms with van der Waals surface area (Å²) in [7, 11) is 0. The Hall–Kier alpha value is -3.01. The van der Waals surface area contributed by atoms with Gasteiger partial charge in [-0.1, -0.05) is 31.5 Å². The molecule has 2 heterocycles. The second-order valence-corrected chi connectivity index (χ2v) is 7.92. The van der Waals surface area contributed by atoms with Crippen LogP contribution in [0, 0.1) is 11.8 Å². The molecule has 168 valence electrons. The third-order valence-electron chi connectivity index (χ3n) is 4.49. The SMILES string of the molecule is CC(C)C[C@H](CC(=O)c1cc2ccccn2n1)C(=O)NN(CCC(N)=O)C(=O)[C@H](F)Cl. The summed E-state index contributed by atoms with van der Waals surface area (Å²) in [6, 6.07) is 7.00. The summed E-state index contributed by atoms with van der Waals surface area (Å²) in [6.07, 6.45) is 1.57. The summed E-state index contributed by atoms with van der Waals surface area (Å²) >= 11 is 5.20. The summed E-state index contributed by atoms with van der Waals surface area (Å²) in [6.45, 7) is 3.41. The lowest BCUT2D eigenvalue weighted by molar-refractivity contribution is -0.145. The van der Waals surface area contributed by atoms with Crippen molar-refractivity contribution in [2.75, 3.05) is 6.54 Å².